The number of rotatable bonds is 6. The lowest BCUT2D eigenvalue weighted by Crippen LogP contribution is -2.47. The summed E-state index contributed by atoms with van der Waals surface area (Å²) in [4.78, 5) is 22.7. The average molecular weight is 565 g/mol. The highest BCUT2D eigenvalue weighted by atomic mass is 32.2. The van der Waals surface area contributed by atoms with Gasteiger partial charge in [0.1, 0.15) is 22.5 Å². The molecule has 1 amide bonds. The van der Waals surface area contributed by atoms with E-state index in [1.54, 1.807) is 6.07 Å². The van der Waals surface area contributed by atoms with Crippen LogP contribution in [0.1, 0.15) is 54.8 Å². The zero-order valence-corrected chi connectivity index (χ0v) is 24.4. The predicted octanol–water partition coefficient (Wildman–Crippen LogP) is 4.64. The number of hydrogen-bond acceptors (Lipinski definition) is 5. The summed E-state index contributed by atoms with van der Waals surface area (Å²) in [6, 6.07) is 15.7. The molecule has 5 rings (SSSR count). The third-order valence-electron chi connectivity index (χ3n) is 7.59. The molecule has 0 aliphatic carbocycles. The van der Waals surface area contributed by atoms with Crippen molar-refractivity contribution in [2.45, 2.75) is 44.5 Å². The van der Waals surface area contributed by atoms with E-state index in [-0.39, 0.29) is 24.4 Å². The fraction of sp³-hybridized carbons (Fsp3) is 0.419. The number of amides is 1. The zero-order chi connectivity index (χ0) is 28.6. The van der Waals surface area contributed by atoms with E-state index in [0.29, 0.717) is 37.4 Å². The lowest BCUT2D eigenvalue weighted by molar-refractivity contribution is 0.0658. The SMILES string of the molecule is CN1CCN(C(=O)c2cc3c(c(-c4cccc(-c5cccc(F)c5)c4)n2)[C@H](CCO)N(S(=O)C(C)(C)C)C3)CC1. The second-order valence-corrected chi connectivity index (χ2v) is 13.8. The lowest BCUT2D eigenvalue weighted by atomic mass is 9.94. The number of piperazine rings is 1. The van der Waals surface area contributed by atoms with Crippen LogP contribution in [-0.4, -0.2) is 78.9 Å². The first kappa shape index (κ1) is 28.5. The molecule has 3 heterocycles. The Kier molecular flexibility index (Phi) is 8.20. The Morgan fingerprint density at radius 3 is 2.33 bits per heavy atom. The van der Waals surface area contributed by atoms with Gasteiger partial charge in [-0.2, -0.15) is 0 Å². The van der Waals surface area contributed by atoms with Crippen molar-refractivity contribution in [2.75, 3.05) is 39.8 Å². The van der Waals surface area contributed by atoms with Crippen molar-refractivity contribution in [3.8, 4) is 22.4 Å². The van der Waals surface area contributed by atoms with Crippen LogP contribution in [0.25, 0.3) is 22.4 Å². The third-order valence-corrected chi connectivity index (χ3v) is 9.45. The maximum Gasteiger partial charge on any atom is 0.272 e. The minimum atomic E-state index is -1.35. The third kappa shape index (κ3) is 5.74. The zero-order valence-electron chi connectivity index (χ0n) is 23.6. The van der Waals surface area contributed by atoms with Crippen LogP contribution in [0.5, 0.6) is 0 Å². The van der Waals surface area contributed by atoms with Crippen molar-refractivity contribution >= 4 is 16.9 Å². The Morgan fingerprint density at radius 1 is 1.02 bits per heavy atom. The van der Waals surface area contributed by atoms with Crippen LogP contribution in [0.4, 0.5) is 4.39 Å². The molecule has 0 spiro atoms. The lowest BCUT2D eigenvalue weighted by Gasteiger charge is -2.32. The van der Waals surface area contributed by atoms with E-state index >= 15 is 0 Å². The molecule has 212 valence electrons. The van der Waals surface area contributed by atoms with E-state index in [9.17, 15) is 18.5 Å². The highest BCUT2D eigenvalue weighted by molar-refractivity contribution is 7.84. The van der Waals surface area contributed by atoms with Crippen LogP contribution in [0.2, 0.25) is 0 Å². The van der Waals surface area contributed by atoms with E-state index in [1.165, 1.54) is 12.1 Å². The van der Waals surface area contributed by atoms with E-state index in [0.717, 1.165) is 40.9 Å². The average Bonchev–Trinajstić information content (AvgIpc) is 3.30. The number of pyridine rings is 1. The van der Waals surface area contributed by atoms with Gasteiger partial charge in [0.25, 0.3) is 5.91 Å². The summed E-state index contributed by atoms with van der Waals surface area (Å²) in [6.07, 6.45) is 0.388. The number of likely N-dealkylation sites (N-methyl/N-ethyl adjacent to an activating group) is 1. The first-order chi connectivity index (χ1) is 19.1. The van der Waals surface area contributed by atoms with Gasteiger partial charge in [-0.15, -0.1) is 0 Å². The fourth-order valence-electron chi connectivity index (χ4n) is 5.48. The number of carbonyl (C=O) groups is 1. The molecule has 3 aromatic rings. The van der Waals surface area contributed by atoms with E-state index < -0.39 is 15.7 Å². The topological polar surface area (TPSA) is 77.0 Å². The standard InChI is InChI=1S/C31H37FN4O3S/c1-31(2,3)40(39)36-20-24-19-26(30(38)35-14-12-34(4)13-15-35)33-29(28(24)27(36)11-16-37)23-9-5-7-21(17-23)22-8-6-10-25(32)18-22/h5-10,17-19,27,37H,11-16,20H2,1-4H3/t27-,40?/m0/s1. The first-order valence-electron chi connectivity index (χ1n) is 13.7. The molecule has 9 heteroatoms. The molecular formula is C31H37FN4O3S. The number of aliphatic hydroxyl groups excluding tert-OH is 1. The quantitative estimate of drug-likeness (QED) is 0.472. The molecule has 0 saturated carbocycles. The van der Waals surface area contributed by atoms with E-state index in [4.69, 9.17) is 4.98 Å². The van der Waals surface area contributed by atoms with Crippen molar-refractivity contribution < 1.29 is 18.5 Å². The Balaban J connectivity index is 1.65. The summed E-state index contributed by atoms with van der Waals surface area (Å²) < 4.78 is 29.1. The summed E-state index contributed by atoms with van der Waals surface area (Å²) in [7, 11) is 0.700. The van der Waals surface area contributed by atoms with Gasteiger partial charge in [-0.05, 0) is 75.2 Å². The molecule has 2 aliphatic heterocycles. The summed E-state index contributed by atoms with van der Waals surface area (Å²) >= 11 is 0. The first-order valence-corrected chi connectivity index (χ1v) is 14.8. The Morgan fingerprint density at radius 2 is 1.68 bits per heavy atom. The molecule has 2 aromatic carbocycles. The monoisotopic (exact) mass is 564 g/mol. The van der Waals surface area contributed by atoms with Gasteiger partial charge in [0.15, 0.2) is 0 Å². The van der Waals surface area contributed by atoms with Gasteiger partial charge in [-0.3, -0.25) is 4.79 Å². The number of carbonyl (C=O) groups excluding carboxylic acids is 1. The molecular weight excluding hydrogens is 527 g/mol. The van der Waals surface area contributed by atoms with Crippen LogP contribution in [0.15, 0.2) is 54.6 Å². The molecule has 0 bridgehead atoms. The summed E-state index contributed by atoms with van der Waals surface area (Å²) in [6.45, 7) is 8.99. The number of hydrogen-bond donors (Lipinski definition) is 1. The molecule has 7 nitrogen and oxygen atoms in total. The molecule has 1 aromatic heterocycles. The van der Waals surface area contributed by atoms with E-state index in [2.05, 4.69) is 4.90 Å². The number of aromatic nitrogens is 1. The smallest absolute Gasteiger partial charge is 0.272 e. The van der Waals surface area contributed by atoms with Gasteiger partial charge in [0, 0.05) is 50.5 Å². The normalized spacial score (nSPS) is 19.1. The molecule has 2 atom stereocenters. The number of aliphatic hydroxyl groups is 1. The summed E-state index contributed by atoms with van der Waals surface area (Å²) in [5, 5.41) is 10.0. The van der Waals surface area contributed by atoms with Crippen LogP contribution < -0.4 is 0 Å². The summed E-state index contributed by atoms with van der Waals surface area (Å²) in [5.41, 5.74) is 5.14. The molecule has 1 saturated heterocycles. The van der Waals surface area contributed by atoms with Crippen LogP contribution in [0.3, 0.4) is 0 Å². The number of benzene rings is 2. The van der Waals surface area contributed by atoms with Gasteiger partial charge >= 0.3 is 0 Å². The van der Waals surface area contributed by atoms with E-state index in [1.807, 2.05) is 73.4 Å². The van der Waals surface area contributed by atoms with Crippen molar-refractivity contribution in [1.29, 1.82) is 0 Å². The van der Waals surface area contributed by atoms with Crippen molar-refractivity contribution in [1.82, 2.24) is 19.1 Å². The predicted molar refractivity (Wildman–Crippen MR) is 156 cm³/mol. The molecule has 1 unspecified atom stereocenters. The molecule has 40 heavy (non-hydrogen) atoms. The largest absolute Gasteiger partial charge is 0.396 e. The van der Waals surface area contributed by atoms with Crippen LogP contribution >= 0.6 is 0 Å². The Hall–Kier alpha value is -2.98. The Labute approximate surface area is 238 Å². The van der Waals surface area contributed by atoms with Crippen molar-refractivity contribution in [2.24, 2.45) is 0 Å². The van der Waals surface area contributed by atoms with Gasteiger partial charge in [-0.25, -0.2) is 17.9 Å². The molecule has 0 radical (unpaired) electrons. The number of halogens is 1. The Bertz CT molecular complexity index is 1430. The van der Waals surface area contributed by atoms with Gasteiger partial charge in [0.05, 0.1) is 16.5 Å². The minimum Gasteiger partial charge on any atom is -0.396 e. The second kappa shape index (κ2) is 11.5. The maximum absolute atomic E-state index is 14.0. The number of nitrogens with zero attached hydrogens (tertiary/aromatic N) is 4. The fourth-order valence-corrected chi connectivity index (χ4v) is 6.89. The van der Waals surface area contributed by atoms with Crippen molar-refractivity contribution in [3.63, 3.8) is 0 Å². The second-order valence-electron chi connectivity index (χ2n) is 11.6. The van der Waals surface area contributed by atoms with Gasteiger partial charge < -0.3 is 14.9 Å². The molecule has 1 N–H and O–H groups in total. The minimum absolute atomic E-state index is 0.0767. The van der Waals surface area contributed by atoms with Crippen LogP contribution in [-0.2, 0) is 17.5 Å². The molecule has 2 aliphatic rings. The van der Waals surface area contributed by atoms with Gasteiger partial charge in [-0.1, -0.05) is 30.3 Å². The van der Waals surface area contributed by atoms with Gasteiger partial charge in [0.2, 0.25) is 0 Å². The highest BCUT2D eigenvalue weighted by Gasteiger charge is 2.40. The summed E-state index contributed by atoms with van der Waals surface area (Å²) in [5.74, 6) is -0.433. The van der Waals surface area contributed by atoms with Crippen molar-refractivity contribution in [3.05, 3.63) is 77.2 Å². The van der Waals surface area contributed by atoms with Crippen LogP contribution in [0, 0.1) is 5.82 Å². The molecule has 1 fully saturated rings. The maximum atomic E-state index is 14.0. The number of fused-ring (bicyclic) bond motifs is 1. The highest BCUT2D eigenvalue weighted by Crippen LogP contribution is 2.44.